The van der Waals surface area contributed by atoms with E-state index in [9.17, 15) is 4.79 Å². The van der Waals surface area contributed by atoms with E-state index in [1.165, 1.54) is 7.11 Å². The molecule has 7 heteroatoms. The number of amides is 1. The molecule has 17 heavy (non-hydrogen) atoms. The van der Waals surface area contributed by atoms with Crippen molar-refractivity contribution in [2.24, 2.45) is 0 Å². The smallest absolute Gasteiger partial charge is 0.336 e. The van der Waals surface area contributed by atoms with Crippen LogP contribution in [0.15, 0.2) is 24.3 Å². The normalized spacial score (nSPS) is 10.0. The average Bonchev–Trinajstić information content (AvgIpc) is 2.77. The molecule has 2 aromatic rings. The molecule has 1 aromatic carbocycles. The van der Waals surface area contributed by atoms with E-state index >= 15 is 0 Å². The summed E-state index contributed by atoms with van der Waals surface area (Å²) in [6, 6.07) is 7.46. The maximum Gasteiger partial charge on any atom is 0.336 e. The van der Waals surface area contributed by atoms with Crippen LogP contribution in [-0.2, 0) is 0 Å². The van der Waals surface area contributed by atoms with Gasteiger partial charge < -0.3 is 4.74 Å². The number of hydrogen-bond acceptors (Lipinski definition) is 4. The molecule has 88 valence electrons. The van der Waals surface area contributed by atoms with Crippen LogP contribution >= 0.6 is 22.6 Å². The summed E-state index contributed by atoms with van der Waals surface area (Å²) < 4.78 is 5.67. The van der Waals surface area contributed by atoms with Crippen LogP contribution in [0.4, 0.5) is 5.95 Å². The van der Waals surface area contributed by atoms with Crippen molar-refractivity contribution in [3.05, 3.63) is 33.4 Å². The van der Waals surface area contributed by atoms with Crippen molar-refractivity contribution < 1.29 is 9.53 Å². The molecule has 0 saturated heterocycles. The molecule has 2 N–H and O–H groups in total. The van der Waals surface area contributed by atoms with E-state index in [-0.39, 0.29) is 17.9 Å². The minimum atomic E-state index is -0.242. The van der Waals surface area contributed by atoms with Crippen molar-refractivity contribution in [3.8, 4) is 6.01 Å². The first-order valence-corrected chi connectivity index (χ1v) is 5.81. The van der Waals surface area contributed by atoms with Gasteiger partial charge in [-0.2, -0.15) is 4.98 Å². The molecule has 1 aromatic heterocycles. The van der Waals surface area contributed by atoms with E-state index in [0.29, 0.717) is 5.56 Å². The summed E-state index contributed by atoms with van der Waals surface area (Å²) in [5.41, 5.74) is 0.587. The Morgan fingerprint density at radius 3 is 2.88 bits per heavy atom. The van der Waals surface area contributed by atoms with Crippen LogP contribution in [0.3, 0.4) is 0 Å². The molecule has 0 aliphatic heterocycles. The van der Waals surface area contributed by atoms with Crippen LogP contribution in [0, 0.1) is 3.57 Å². The average molecular weight is 344 g/mol. The van der Waals surface area contributed by atoms with Gasteiger partial charge in [0.2, 0.25) is 5.95 Å². The lowest BCUT2D eigenvalue weighted by Crippen LogP contribution is -2.14. The molecule has 1 heterocycles. The number of halogens is 1. The van der Waals surface area contributed by atoms with Crippen LogP contribution in [0.2, 0.25) is 0 Å². The lowest BCUT2D eigenvalue weighted by atomic mass is 10.2. The Hall–Kier alpha value is -1.64. The Morgan fingerprint density at radius 1 is 1.47 bits per heavy atom. The molecule has 6 nitrogen and oxygen atoms in total. The number of carbonyl (C=O) groups is 1. The Morgan fingerprint density at radius 2 is 2.24 bits per heavy atom. The van der Waals surface area contributed by atoms with Gasteiger partial charge in [0, 0.05) is 3.57 Å². The van der Waals surface area contributed by atoms with Gasteiger partial charge in [0.25, 0.3) is 5.91 Å². The molecular formula is C10H9IN4O2. The van der Waals surface area contributed by atoms with Gasteiger partial charge in [0.15, 0.2) is 0 Å². The van der Waals surface area contributed by atoms with E-state index in [0.717, 1.165) is 3.57 Å². The molecule has 0 aliphatic rings. The Kier molecular flexibility index (Phi) is 3.57. The minimum absolute atomic E-state index is 0.183. The lowest BCUT2D eigenvalue weighted by molar-refractivity contribution is 0.102. The van der Waals surface area contributed by atoms with E-state index in [1.807, 2.05) is 12.1 Å². The highest BCUT2D eigenvalue weighted by Crippen LogP contribution is 2.13. The zero-order valence-electron chi connectivity index (χ0n) is 8.90. The van der Waals surface area contributed by atoms with Crippen molar-refractivity contribution >= 4 is 34.4 Å². The summed E-state index contributed by atoms with van der Waals surface area (Å²) in [5, 5.41) is 8.89. The van der Waals surface area contributed by atoms with Crippen molar-refractivity contribution in [2.45, 2.75) is 0 Å². The number of aromatic amines is 1. The quantitative estimate of drug-likeness (QED) is 0.831. The molecule has 0 fully saturated rings. The van der Waals surface area contributed by atoms with Gasteiger partial charge in [-0.1, -0.05) is 12.1 Å². The van der Waals surface area contributed by atoms with Crippen LogP contribution in [-0.4, -0.2) is 28.2 Å². The molecule has 0 radical (unpaired) electrons. The van der Waals surface area contributed by atoms with Gasteiger partial charge in [-0.05, 0) is 34.7 Å². The molecule has 0 spiro atoms. The van der Waals surface area contributed by atoms with Crippen molar-refractivity contribution in [1.29, 1.82) is 0 Å². The first-order chi connectivity index (χ1) is 8.20. The minimum Gasteiger partial charge on any atom is -0.466 e. The van der Waals surface area contributed by atoms with Crippen LogP contribution in [0.25, 0.3) is 0 Å². The molecule has 0 saturated carbocycles. The van der Waals surface area contributed by atoms with Crippen LogP contribution in [0.5, 0.6) is 6.01 Å². The summed E-state index contributed by atoms with van der Waals surface area (Å²) in [6.07, 6.45) is 0. The standard InChI is InChI=1S/C10H9IN4O2/c1-17-10-13-9(14-15-10)12-8(16)6-4-2-3-5-7(6)11/h2-5H,1H3,(H2,12,13,14,15,16). The zero-order valence-corrected chi connectivity index (χ0v) is 11.1. The summed E-state index contributed by atoms with van der Waals surface area (Å²) >= 11 is 2.10. The van der Waals surface area contributed by atoms with E-state index in [4.69, 9.17) is 4.74 Å². The van der Waals surface area contributed by atoms with Crippen molar-refractivity contribution in [3.63, 3.8) is 0 Å². The second kappa shape index (κ2) is 5.13. The molecule has 0 atom stereocenters. The molecule has 0 aliphatic carbocycles. The summed E-state index contributed by atoms with van der Waals surface area (Å²) in [5.74, 6) is 0.0142. The molecular weight excluding hydrogens is 335 g/mol. The van der Waals surface area contributed by atoms with Gasteiger partial charge in [0.05, 0.1) is 12.7 Å². The SMILES string of the molecule is COc1n[nH]c(NC(=O)c2ccccc2I)n1. The van der Waals surface area contributed by atoms with E-state index < -0.39 is 0 Å². The van der Waals surface area contributed by atoms with Gasteiger partial charge in [0.1, 0.15) is 0 Å². The highest BCUT2D eigenvalue weighted by Gasteiger charge is 2.11. The fourth-order valence-electron chi connectivity index (χ4n) is 1.21. The first kappa shape index (κ1) is 11.8. The first-order valence-electron chi connectivity index (χ1n) is 4.73. The number of nitrogens with one attached hydrogen (secondary N) is 2. The maximum atomic E-state index is 11.9. The summed E-state index contributed by atoms with van der Waals surface area (Å²) in [4.78, 5) is 15.8. The second-order valence-electron chi connectivity index (χ2n) is 3.10. The second-order valence-corrected chi connectivity index (χ2v) is 4.27. The van der Waals surface area contributed by atoms with Gasteiger partial charge >= 0.3 is 6.01 Å². The number of hydrogen-bond donors (Lipinski definition) is 2. The Labute approximate surface area is 111 Å². The number of anilines is 1. The third kappa shape index (κ3) is 2.73. The third-order valence-corrected chi connectivity index (χ3v) is 2.94. The number of aromatic nitrogens is 3. The third-order valence-electron chi connectivity index (χ3n) is 2.00. The Balaban J connectivity index is 2.14. The fraction of sp³-hybridized carbons (Fsp3) is 0.100. The number of benzene rings is 1. The Bertz CT molecular complexity index is 541. The largest absolute Gasteiger partial charge is 0.466 e. The van der Waals surface area contributed by atoms with E-state index in [1.54, 1.807) is 12.1 Å². The molecule has 2 rings (SSSR count). The predicted octanol–water partition coefficient (Wildman–Crippen LogP) is 1.67. The topological polar surface area (TPSA) is 79.9 Å². The summed E-state index contributed by atoms with van der Waals surface area (Å²) in [7, 11) is 1.45. The highest BCUT2D eigenvalue weighted by atomic mass is 127. The molecule has 0 bridgehead atoms. The number of carbonyl (C=O) groups excluding carboxylic acids is 1. The number of H-pyrrole nitrogens is 1. The predicted molar refractivity (Wildman–Crippen MR) is 70.0 cm³/mol. The molecule has 0 unspecified atom stereocenters. The van der Waals surface area contributed by atoms with Gasteiger partial charge in [-0.3, -0.25) is 10.1 Å². The van der Waals surface area contributed by atoms with Gasteiger partial charge in [-0.15, -0.1) is 5.10 Å². The molecule has 1 amide bonds. The van der Waals surface area contributed by atoms with Crippen LogP contribution in [0.1, 0.15) is 10.4 Å². The summed E-state index contributed by atoms with van der Waals surface area (Å²) in [6.45, 7) is 0. The van der Waals surface area contributed by atoms with E-state index in [2.05, 4.69) is 43.1 Å². The highest BCUT2D eigenvalue weighted by molar-refractivity contribution is 14.1. The number of ether oxygens (including phenoxy) is 1. The number of nitrogens with zero attached hydrogens (tertiary/aromatic N) is 2. The number of rotatable bonds is 3. The monoisotopic (exact) mass is 344 g/mol. The van der Waals surface area contributed by atoms with Gasteiger partial charge in [-0.25, -0.2) is 5.10 Å². The van der Waals surface area contributed by atoms with Crippen molar-refractivity contribution in [2.75, 3.05) is 12.4 Å². The number of methoxy groups -OCH3 is 1. The van der Waals surface area contributed by atoms with Crippen LogP contribution < -0.4 is 10.1 Å². The fourth-order valence-corrected chi connectivity index (χ4v) is 1.85. The lowest BCUT2D eigenvalue weighted by Gasteiger charge is -2.02. The van der Waals surface area contributed by atoms with Crippen molar-refractivity contribution in [1.82, 2.24) is 15.2 Å². The zero-order chi connectivity index (χ0) is 12.3. The maximum absolute atomic E-state index is 11.9.